The van der Waals surface area contributed by atoms with Gasteiger partial charge in [0.15, 0.2) is 0 Å². The molecule has 598 valence electrons. The molecule has 0 saturated carbocycles. The highest BCUT2D eigenvalue weighted by Crippen LogP contribution is 2.31. The van der Waals surface area contributed by atoms with Gasteiger partial charge in [-0.25, -0.2) is 33.5 Å². The molecule has 16 aromatic rings. The molecular formula is C87H95N25O5. The molecule has 19 heterocycles. The number of fused-ring (bicyclic) bond motifs is 8. The summed E-state index contributed by atoms with van der Waals surface area (Å²) in [6.45, 7) is 27.6. The molecule has 0 spiro atoms. The Hall–Kier alpha value is -12.8. The number of rotatable bonds is 11. The number of piperidine rings is 2. The third-order valence-corrected chi connectivity index (χ3v) is 22.3. The minimum atomic E-state index is -0.160. The van der Waals surface area contributed by atoms with Crippen LogP contribution in [0.2, 0.25) is 0 Å². The molecule has 0 bridgehead atoms. The number of aromatic nitrogens is 19. The molecule has 0 atom stereocenters. The van der Waals surface area contributed by atoms with Crippen LogP contribution >= 0.6 is 0 Å². The fraction of sp³-hybridized carbons (Fsp3) is 0.345. The van der Waals surface area contributed by atoms with Crippen LogP contribution in [0.4, 0.5) is 11.4 Å². The Morgan fingerprint density at radius 2 is 0.915 bits per heavy atom. The third-order valence-electron chi connectivity index (χ3n) is 22.3. The lowest BCUT2D eigenvalue weighted by Gasteiger charge is -2.29. The normalized spacial score (nSPS) is 15.2. The predicted molar refractivity (Wildman–Crippen MR) is 455 cm³/mol. The SMILES string of the molecule is CCCc1nc(C)cn2nc(-c3cc(=O)n4cc(N5CCNCC5)ccc4n3)cc12.Cc1cc(C2CCNCC2)cn2c(=O)cc(-c3ccc4nn(C)cc4c3)nc12.Cc1cn2nc(-c3cc(=O)n4cc(N5CCNCC5)cc(C)c4n3)cc2c(C)n1.Cc1cn2nc(-c3cc(=O)n4cc(OC5CCN(C)CC5)ccc4n3)cc2c(C)n1. The van der Waals surface area contributed by atoms with Crippen LogP contribution in [0.1, 0.15) is 95.8 Å². The number of aryl methyl sites for hydroxylation is 9. The fourth-order valence-corrected chi connectivity index (χ4v) is 16.3. The van der Waals surface area contributed by atoms with E-state index in [0.29, 0.717) is 68.5 Å². The number of ether oxygens (including phenoxy) is 1. The van der Waals surface area contributed by atoms with Crippen molar-refractivity contribution in [2.45, 2.75) is 106 Å². The van der Waals surface area contributed by atoms with Crippen molar-refractivity contribution in [2.75, 3.05) is 95.4 Å². The standard InChI is InChI=1S/C22H25N7O.C22H24N6O2.C22H23N5O.C21H23N7O/c1-3-4-17-20-11-19(26-29(20)13-15(2)24-17)18-12-22(30)28-14-16(5-6-21(28)25-18)27-9-7-23-8-10-27;1-14-12-28-20(15(2)23-14)10-19(25-28)18-11-22(29)27-13-17(4-5-21(27)24-18)30-16-6-8-26(3)9-7-16;1-14-9-17(15-5-7-23-8-6-15)13-27-21(28)11-20(24-22(14)27)16-3-4-19-18(10-16)12-26(2)25-19;1-13-8-16(26-6-4-22-5-7-26)12-27-20(29)10-17(24-21(13)27)18-9-19-15(3)23-14(2)11-28(19)25-18/h5-6,11-14,23H,3-4,7-10H2,1-2H3;4-5,10-13,16H,6-9H2,1-3H3;3-4,9-13,15,23H,5-8H2,1-2H3;8-12,22H,4-7H2,1-3H3. The Bertz CT molecular complexity index is 6740. The first-order valence-corrected chi connectivity index (χ1v) is 40.3. The van der Waals surface area contributed by atoms with Crippen molar-refractivity contribution in [3.63, 3.8) is 0 Å². The highest BCUT2D eigenvalue weighted by atomic mass is 16.5. The van der Waals surface area contributed by atoms with Crippen molar-refractivity contribution in [3.05, 3.63) is 239 Å². The van der Waals surface area contributed by atoms with Crippen LogP contribution in [0.5, 0.6) is 5.75 Å². The average Bonchev–Trinajstić information content (AvgIpc) is 1.73. The summed E-state index contributed by atoms with van der Waals surface area (Å²) in [7, 11) is 4.03. The minimum Gasteiger partial charge on any atom is -0.489 e. The summed E-state index contributed by atoms with van der Waals surface area (Å²) < 4.78 is 19.8. The smallest absolute Gasteiger partial charge is 0.258 e. The molecule has 30 heteroatoms. The van der Waals surface area contributed by atoms with E-state index < -0.39 is 0 Å². The van der Waals surface area contributed by atoms with Crippen LogP contribution in [0, 0.1) is 48.5 Å². The van der Waals surface area contributed by atoms with Gasteiger partial charge in [-0.2, -0.15) is 20.4 Å². The van der Waals surface area contributed by atoms with Gasteiger partial charge in [0.25, 0.3) is 22.2 Å². The summed E-state index contributed by atoms with van der Waals surface area (Å²) in [5, 5.41) is 29.4. The van der Waals surface area contributed by atoms with Gasteiger partial charge in [-0.3, -0.25) is 56.4 Å². The van der Waals surface area contributed by atoms with Crippen molar-refractivity contribution in [1.29, 1.82) is 0 Å². The molecule has 0 amide bonds. The predicted octanol–water partition coefficient (Wildman–Crippen LogP) is 9.33. The van der Waals surface area contributed by atoms with Crippen LogP contribution in [0.15, 0.2) is 166 Å². The quantitative estimate of drug-likeness (QED) is 0.109. The van der Waals surface area contributed by atoms with E-state index in [9.17, 15) is 19.2 Å². The van der Waals surface area contributed by atoms with Crippen LogP contribution in [-0.4, -0.2) is 188 Å². The van der Waals surface area contributed by atoms with Gasteiger partial charge in [-0.1, -0.05) is 25.5 Å². The fourth-order valence-electron chi connectivity index (χ4n) is 16.3. The first-order chi connectivity index (χ1) is 56.6. The molecule has 4 saturated heterocycles. The summed E-state index contributed by atoms with van der Waals surface area (Å²) in [6, 6.07) is 30.1. The Morgan fingerprint density at radius 3 is 1.52 bits per heavy atom. The van der Waals surface area contributed by atoms with Gasteiger partial charge in [0.1, 0.15) is 51.5 Å². The average molecular weight is 1570 g/mol. The number of hydrogen-bond donors (Lipinski definition) is 3. The highest BCUT2D eigenvalue weighted by Gasteiger charge is 2.24. The number of pyridine rings is 4. The molecule has 20 rings (SSSR count). The summed E-state index contributed by atoms with van der Waals surface area (Å²) in [5.74, 6) is 1.20. The maximum atomic E-state index is 12.9. The molecule has 4 aliphatic heterocycles. The zero-order chi connectivity index (χ0) is 80.9. The lowest BCUT2D eigenvalue weighted by molar-refractivity contribution is 0.114. The molecule has 0 aliphatic carbocycles. The molecule has 3 N–H and O–H groups in total. The van der Waals surface area contributed by atoms with E-state index in [2.05, 4.69) is 97.1 Å². The van der Waals surface area contributed by atoms with Crippen LogP contribution in [-0.2, 0) is 13.5 Å². The Kier molecular flexibility index (Phi) is 21.3. The van der Waals surface area contributed by atoms with E-state index >= 15 is 0 Å². The van der Waals surface area contributed by atoms with E-state index in [1.165, 1.54) is 16.0 Å². The van der Waals surface area contributed by atoms with Gasteiger partial charge in [0.05, 0.1) is 115 Å². The van der Waals surface area contributed by atoms with Gasteiger partial charge >= 0.3 is 0 Å². The Morgan fingerprint density at radius 1 is 0.419 bits per heavy atom. The molecule has 4 fully saturated rings. The molecular weight excluding hydrogens is 1480 g/mol. The van der Waals surface area contributed by atoms with Crippen molar-refractivity contribution in [2.24, 2.45) is 7.05 Å². The molecule has 15 aromatic heterocycles. The summed E-state index contributed by atoms with van der Waals surface area (Å²) in [5.41, 5.74) is 22.1. The molecule has 0 unspecified atom stereocenters. The first kappa shape index (κ1) is 76.8. The Labute approximate surface area is 673 Å². The van der Waals surface area contributed by atoms with Crippen molar-refractivity contribution in [1.82, 2.24) is 112 Å². The molecule has 4 aliphatic rings. The summed E-state index contributed by atoms with van der Waals surface area (Å²) in [6.07, 6.45) is 21.4. The Balaban J connectivity index is 0.000000112. The van der Waals surface area contributed by atoms with Crippen molar-refractivity contribution >= 4 is 61.4 Å². The zero-order valence-electron chi connectivity index (χ0n) is 67.6. The second-order valence-electron chi connectivity index (χ2n) is 31.1. The number of anilines is 2. The van der Waals surface area contributed by atoms with Gasteiger partial charge in [0.2, 0.25) is 0 Å². The van der Waals surface area contributed by atoms with Crippen molar-refractivity contribution in [3.8, 4) is 51.2 Å². The lowest BCUT2D eigenvalue weighted by Crippen LogP contribution is -2.43. The number of piperazine rings is 2. The zero-order valence-corrected chi connectivity index (χ0v) is 67.6. The largest absolute Gasteiger partial charge is 0.489 e. The number of nitrogens with one attached hydrogen (secondary N) is 3. The monoisotopic (exact) mass is 1570 g/mol. The third kappa shape index (κ3) is 16.2. The van der Waals surface area contributed by atoms with Crippen LogP contribution in [0.25, 0.3) is 95.5 Å². The summed E-state index contributed by atoms with van der Waals surface area (Å²) >= 11 is 0. The first-order valence-electron chi connectivity index (χ1n) is 40.3. The van der Waals surface area contributed by atoms with Crippen LogP contribution < -0.4 is 52.7 Å². The second-order valence-corrected chi connectivity index (χ2v) is 31.1. The molecule has 30 nitrogen and oxygen atoms in total. The van der Waals surface area contributed by atoms with E-state index in [-0.39, 0.29) is 28.3 Å². The van der Waals surface area contributed by atoms with Gasteiger partial charge in [-0.05, 0) is 184 Å². The van der Waals surface area contributed by atoms with E-state index in [0.717, 1.165) is 212 Å². The number of nitrogens with zero attached hydrogens (tertiary/aromatic N) is 22. The van der Waals surface area contributed by atoms with E-state index in [1.807, 2.05) is 164 Å². The minimum absolute atomic E-state index is 0.0369. The van der Waals surface area contributed by atoms with Gasteiger partial charge in [-0.15, -0.1) is 0 Å². The topological polar surface area (TPSA) is 301 Å². The maximum absolute atomic E-state index is 12.9. The highest BCUT2D eigenvalue weighted by molar-refractivity contribution is 5.84. The van der Waals surface area contributed by atoms with Gasteiger partial charge in [0, 0.05) is 132 Å². The van der Waals surface area contributed by atoms with E-state index in [4.69, 9.17) is 19.7 Å². The number of hydrogen-bond acceptors (Lipinski definition) is 22. The number of benzene rings is 1. The van der Waals surface area contributed by atoms with E-state index in [1.54, 1.807) is 51.3 Å². The van der Waals surface area contributed by atoms with Crippen LogP contribution in [0.3, 0.4) is 0 Å². The van der Waals surface area contributed by atoms with Gasteiger partial charge < -0.3 is 35.4 Å². The molecule has 117 heavy (non-hydrogen) atoms. The van der Waals surface area contributed by atoms with Crippen molar-refractivity contribution < 1.29 is 4.74 Å². The lowest BCUT2D eigenvalue weighted by atomic mass is 9.90. The maximum Gasteiger partial charge on any atom is 0.258 e. The molecule has 0 radical (unpaired) electrons. The second kappa shape index (κ2) is 32.5. The summed E-state index contributed by atoms with van der Waals surface area (Å²) in [4.78, 5) is 91.0. The number of likely N-dealkylation sites (tertiary alicyclic amines) is 1. The molecule has 1 aromatic carbocycles.